The normalized spacial score (nSPS) is 14.9. The molecule has 178 valence electrons. The van der Waals surface area contributed by atoms with E-state index in [1.807, 2.05) is 43.3 Å². The molecule has 2 heterocycles. The third-order valence-corrected chi connectivity index (χ3v) is 6.03. The van der Waals surface area contributed by atoms with Crippen LogP contribution in [0.5, 0.6) is 11.5 Å². The summed E-state index contributed by atoms with van der Waals surface area (Å²) >= 11 is 0. The van der Waals surface area contributed by atoms with Crippen molar-refractivity contribution in [3.05, 3.63) is 105 Å². The quantitative estimate of drug-likeness (QED) is 0.412. The van der Waals surface area contributed by atoms with Gasteiger partial charge in [0.25, 0.3) is 5.91 Å². The van der Waals surface area contributed by atoms with Crippen LogP contribution in [-0.4, -0.2) is 35.7 Å². The molecule has 1 N–H and O–H groups in total. The first-order chi connectivity index (χ1) is 17.1. The molecule has 1 aromatic heterocycles. The first-order valence-electron chi connectivity index (χ1n) is 11.5. The summed E-state index contributed by atoms with van der Waals surface area (Å²) in [5, 5.41) is 10.1. The van der Waals surface area contributed by atoms with Crippen LogP contribution in [-0.2, 0) is 6.61 Å². The Kier molecular flexibility index (Phi) is 6.25. The lowest BCUT2D eigenvalue weighted by molar-refractivity contribution is 0.0691. The molecule has 1 amide bonds. The molecule has 0 spiro atoms. The Morgan fingerprint density at radius 2 is 1.71 bits per heavy atom. The number of hydrogen-bond donors (Lipinski definition) is 1. The monoisotopic (exact) mass is 471 g/mol. The Morgan fingerprint density at radius 1 is 0.943 bits per heavy atom. The summed E-state index contributed by atoms with van der Waals surface area (Å²) in [4.78, 5) is 28.2. The van der Waals surface area contributed by atoms with Gasteiger partial charge in [0.05, 0.1) is 30.2 Å². The highest BCUT2D eigenvalue weighted by atomic mass is 16.5. The molecule has 5 rings (SSSR count). The van der Waals surface area contributed by atoms with E-state index in [1.165, 1.54) is 4.90 Å². The SMILES string of the molecule is CCOc1cc([C@H]2c3c(oc4ccccc4c3=O)C(=O)N2CCO)ccc1OCc1ccccc1. The zero-order valence-corrected chi connectivity index (χ0v) is 19.3. The number of amides is 1. The standard InChI is InChI=1S/C28H25NO6/c1-2-33-23-16-19(12-13-22(23)34-17-18-8-4-3-5-9-18)25-24-26(31)20-10-6-7-11-21(20)35-27(24)28(32)29(25)14-15-30/h3-13,16,25,30H,2,14-15,17H2,1H3/t25-/m0/s1. The lowest BCUT2D eigenvalue weighted by Gasteiger charge is -2.25. The van der Waals surface area contributed by atoms with Gasteiger partial charge in [-0.05, 0) is 42.3 Å². The maximum atomic E-state index is 13.5. The number of para-hydroxylation sites is 1. The second kappa shape index (κ2) is 9.64. The smallest absolute Gasteiger partial charge is 0.290 e. The van der Waals surface area contributed by atoms with Crippen LogP contribution in [0.25, 0.3) is 11.0 Å². The fourth-order valence-electron chi connectivity index (χ4n) is 4.47. The van der Waals surface area contributed by atoms with Crippen molar-refractivity contribution in [1.29, 1.82) is 0 Å². The highest BCUT2D eigenvalue weighted by molar-refractivity contribution is 5.99. The van der Waals surface area contributed by atoms with Crippen LogP contribution in [0, 0.1) is 0 Å². The molecule has 1 aliphatic rings. The summed E-state index contributed by atoms with van der Waals surface area (Å²) < 4.78 is 17.8. The number of carbonyl (C=O) groups is 1. The van der Waals surface area contributed by atoms with Gasteiger partial charge >= 0.3 is 0 Å². The summed E-state index contributed by atoms with van der Waals surface area (Å²) in [6.07, 6.45) is 0. The van der Waals surface area contributed by atoms with Crippen LogP contribution in [0.15, 0.2) is 82.0 Å². The van der Waals surface area contributed by atoms with Crippen LogP contribution in [0.1, 0.15) is 40.2 Å². The lowest BCUT2D eigenvalue weighted by Crippen LogP contribution is -2.32. The van der Waals surface area contributed by atoms with Crippen molar-refractivity contribution in [1.82, 2.24) is 4.90 Å². The molecular weight excluding hydrogens is 446 g/mol. The largest absolute Gasteiger partial charge is 0.490 e. The summed E-state index contributed by atoms with van der Waals surface area (Å²) in [6.45, 7) is 2.47. The number of benzene rings is 3. The van der Waals surface area contributed by atoms with Gasteiger partial charge in [-0.1, -0.05) is 48.5 Å². The van der Waals surface area contributed by atoms with E-state index in [1.54, 1.807) is 36.4 Å². The minimum Gasteiger partial charge on any atom is -0.490 e. The van der Waals surface area contributed by atoms with Crippen LogP contribution in [0.2, 0.25) is 0 Å². The Hall–Kier alpha value is -4.10. The number of aliphatic hydroxyl groups is 1. The number of fused-ring (bicyclic) bond motifs is 2. The van der Waals surface area contributed by atoms with Crippen molar-refractivity contribution in [2.24, 2.45) is 0 Å². The van der Waals surface area contributed by atoms with Gasteiger partial charge in [-0.15, -0.1) is 0 Å². The number of carbonyl (C=O) groups excluding carboxylic acids is 1. The van der Waals surface area contributed by atoms with Gasteiger partial charge < -0.3 is 23.9 Å². The van der Waals surface area contributed by atoms with Crippen LogP contribution < -0.4 is 14.9 Å². The van der Waals surface area contributed by atoms with E-state index in [0.29, 0.717) is 41.2 Å². The zero-order valence-electron chi connectivity index (χ0n) is 19.3. The van der Waals surface area contributed by atoms with E-state index in [4.69, 9.17) is 13.9 Å². The summed E-state index contributed by atoms with van der Waals surface area (Å²) in [5.74, 6) is 0.651. The molecule has 7 heteroatoms. The van der Waals surface area contributed by atoms with Gasteiger partial charge in [0.1, 0.15) is 12.2 Å². The molecule has 4 aromatic rings. The molecule has 35 heavy (non-hydrogen) atoms. The zero-order chi connectivity index (χ0) is 24.4. The van der Waals surface area contributed by atoms with Crippen LogP contribution >= 0.6 is 0 Å². The van der Waals surface area contributed by atoms with Gasteiger partial charge in [-0.25, -0.2) is 0 Å². The summed E-state index contributed by atoms with van der Waals surface area (Å²) in [6, 6.07) is 21.3. The number of aliphatic hydroxyl groups excluding tert-OH is 1. The van der Waals surface area contributed by atoms with Gasteiger partial charge in [0, 0.05) is 6.54 Å². The molecule has 0 unspecified atom stereocenters. The Bertz CT molecular complexity index is 1430. The minimum absolute atomic E-state index is 0.00881. The summed E-state index contributed by atoms with van der Waals surface area (Å²) in [7, 11) is 0. The van der Waals surface area contributed by atoms with E-state index in [2.05, 4.69) is 0 Å². The molecule has 0 fully saturated rings. The average molecular weight is 472 g/mol. The number of β-amino-alcohol motifs (C(OH)–C–C–N with tert-alkyl or cyclic N) is 1. The van der Waals surface area contributed by atoms with Crippen molar-refractivity contribution in [2.75, 3.05) is 19.8 Å². The van der Waals surface area contributed by atoms with E-state index >= 15 is 0 Å². The maximum absolute atomic E-state index is 13.5. The van der Waals surface area contributed by atoms with Crippen LogP contribution in [0.3, 0.4) is 0 Å². The molecule has 0 radical (unpaired) electrons. The van der Waals surface area contributed by atoms with E-state index in [-0.39, 0.29) is 29.9 Å². The Labute approximate surface area is 202 Å². The van der Waals surface area contributed by atoms with Crippen molar-refractivity contribution in [3.63, 3.8) is 0 Å². The predicted octanol–water partition coefficient (Wildman–Crippen LogP) is 4.31. The summed E-state index contributed by atoms with van der Waals surface area (Å²) in [5.41, 5.74) is 2.05. The third-order valence-electron chi connectivity index (χ3n) is 6.03. The average Bonchev–Trinajstić information content (AvgIpc) is 3.16. The van der Waals surface area contributed by atoms with Gasteiger partial charge in [-0.2, -0.15) is 0 Å². The highest BCUT2D eigenvalue weighted by Gasteiger charge is 2.42. The molecule has 1 aliphatic heterocycles. The van der Waals surface area contributed by atoms with Crippen molar-refractivity contribution in [2.45, 2.75) is 19.6 Å². The van der Waals surface area contributed by atoms with Crippen molar-refractivity contribution in [3.8, 4) is 11.5 Å². The molecule has 0 saturated heterocycles. The lowest BCUT2D eigenvalue weighted by atomic mass is 9.98. The van der Waals surface area contributed by atoms with Crippen molar-refractivity contribution >= 4 is 16.9 Å². The number of ether oxygens (including phenoxy) is 2. The van der Waals surface area contributed by atoms with E-state index in [9.17, 15) is 14.7 Å². The Morgan fingerprint density at radius 3 is 2.49 bits per heavy atom. The molecular formula is C28H25NO6. The first-order valence-corrected chi connectivity index (χ1v) is 11.5. The number of rotatable bonds is 8. The number of hydrogen-bond acceptors (Lipinski definition) is 6. The number of nitrogens with zero attached hydrogens (tertiary/aromatic N) is 1. The topological polar surface area (TPSA) is 89.2 Å². The van der Waals surface area contributed by atoms with Crippen LogP contribution in [0.4, 0.5) is 0 Å². The highest BCUT2D eigenvalue weighted by Crippen LogP contribution is 2.41. The first kappa shape index (κ1) is 22.7. The maximum Gasteiger partial charge on any atom is 0.290 e. The molecule has 0 bridgehead atoms. The molecule has 7 nitrogen and oxygen atoms in total. The molecule has 0 saturated carbocycles. The second-order valence-electron chi connectivity index (χ2n) is 8.21. The van der Waals surface area contributed by atoms with E-state index < -0.39 is 11.9 Å². The fourth-order valence-corrected chi connectivity index (χ4v) is 4.47. The Balaban J connectivity index is 1.58. The second-order valence-corrected chi connectivity index (χ2v) is 8.21. The van der Waals surface area contributed by atoms with Gasteiger partial charge in [0.15, 0.2) is 16.9 Å². The van der Waals surface area contributed by atoms with Gasteiger partial charge in [-0.3, -0.25) is 9.59 Å². The van der Waals surface area contributed by atoms with E-state index in [0.717, 1.165) is 5.56 Å². The van der Waals surface area contributed by atoms with Gasteiger partial charge in [0.2, 0.25) is 5.76 Å². The predicted molar refractivity (Wildman–Crippen MR) is 131 cm³/mol. The molecule has 1 atom stereocenters. The molecule has 3 aromatic carbocycles. The fraction of sp³-hybridized carbons (Fsp3) is 0.214. The third kappa shape index (κ3) is 4.15. The van der Waals surface area contributed by atoms with Crippen molar-refractivity contribution < 1.29 is 23.8 Å². The minimum atomic E-state index is -0.715. The molecule has 0 aliphatic carbocycles.